The Labute approximate surface area is 213 Å². The van der Waals surface area contributed by atoms with Gasteiger partial charge in [0.25, 0.3) is 0 Å². The van der Waals surface area contributed by atoms with Crippen LogP contribution < -0.4 is 18.9 Å². The number of hydrogen-bond acceptors (Lipinski definition) is 6. The molecule has 0 aromatic heterocycles. The van der Waals surface area contributed by atoms with Gasteiger partial charge in [-0.15, -0.1) is 0 Å². The van der Waals surface area contributed by atoms with Crippen LogP contribution in [0.25, 0.3) is 6.08 Å². The lowest BCUT2D eigenvalue weighted by molar-refractivity contribution is -0.129. The monoisotopic (exact) mass is 492 g/mol. The van der Waals surface area contributed by atoms with Crippen LogP contribution in [0.1, 0.15) is 29.5 Å². The van der Waals surface area contributed by atoms with E-state index in [0.29, 0.717) is 24.0 Å². The van der Waals surface area contributed by atoms with Crippen LogP contribution in [-0.2, 0) is 17.6 Å². The molecule has 0 unspecified atom stereocenters. The molecule has 0 bridgehead atoms. The van der Waals surface area contributed by atoms with E-state index in [1.54, 1.807) is 28.4 Å². The summed E-state index contributed by atoms with van der Waals surface area (Å²) in [6.07, 6.45) is 11.4. The Balaban J connectivity index is 1.41. The number of rotatable bonds is 9. The Morgan fingerprint density at radius 3 is 2.36 bits per heavy atom. The molecule has 7 nitrogen and oxygen atoms in total. The Hall–Kier alpha value is -3.45. The van der Waals surface area contributed by atoms with Crippen molar-refractivity contribution in [2.24, 2.45) is 0 Å². The van der Waals surface area contributed by atoms with Crippen LogP contribution in [0.3, 0.4) is 0 Å². The van der Waals surface area contributed by atoms with Crippen molar-refractivity contribution < 1.29 is 23.7 Å². The summed E-state index contributed by atoms with van der Waals surface area (Å²) in [5.74, 6) is 2.88. The van der Waals surface area contributed by atoms with Crippen LogP contribution >= 0.6 is 0 Å². The fraction of sp³-hybridized carbons (Fsp3) is 0.414. The predicted octanol–water partition coefficient (Wildman–Crippen LogP) is 4.34. The molecular weight excluding hydrogens is 456 g/mol. The molecule has 7 heteroatoms. The van der Waals surface area contributed by atoms with Gasteiger partial charge in [0.05, 0.1) is 40.9 Å². The van der Waals surface area contributed by atoms with E-state index in [9.17, 15) is 4.79 Å². The maximum atomic E-state index is 13.3. The number of carbonyl (C=O) groups excluding carboxylic acids is 1. The molecule has 2 aromatic carbocycles. The van der Waals surface area contributed by atoms with Gasteiger partial charge in [-0.05, 0) is 73.3 Å². The van der Waals surface area contributed by atoms with E-state index in [1.165, 1.54) is 5.56 Å². The molecule has 36 heavy (non-hydrogen) atoms. The average molecular weight is 493 g/mol. The second kappa shape index (κ2) is 11.5. The molecule has 0 N–H and O–H groups in total. The minimum atomic E-state index is 0.0223. The van der Waals surface area contributed by atoms with Gasteiger partial charge < -0.3 is 28.7 Å². The fourth-order valence-electron chi connectivity index (χ4n) is 4.98. The van der Waals surface area contributed by atoms with E-state index in [1.807, 2.05) is 41.4 Å². The van der Waals surface area contributed by atoms with Gasteiger partial charge in [-0.1, -0.05) is 18.2 Å². The predicted molar refractivity (Wildman–Crippen MR) is 141 cm³/mol. The number of nitrogens with zero attached hydrogens (tertiary/aromatic N) is 2. The Kier molecular flexibility index (Phi) is 8.21. The zero-order valence-electron chi connectivity index (χ0n) is 21.8. The van der Waals surface area contributed by atoms with Gasteiger partial charge >= 0.3 is 0 Å². The highest BCUT2D eigenvalue weighted by Crippen LogP contribution is 2.34. The number of fused-ring (bicyclic) bond motifs is 1. The Bertz CT molecular complexity index is 1140. The van der Waals surface area contributed by atoms with Gasteiger partial charge in [0.15, 0.2) is 23.0 Å². The molecule has 0 saturated carbocycles. The van der Waals surface area contributed by atoms with Crippen molar-refractivity contribution in [3.8, 4) is 23.0 Å². The lowest BCUT2D eigenvalue weighted by Gasteiger charge is -2.36. The number of hydrogen-bond donors (Lipinski definition) is 0. The first-order valence-corrected chi connectivity index (χ1v) is 12.3. The van der Waals surface area contributed by atoms with E-state index >= 15 is 0 Å². The molecule has 1 heterocycles. The lowest BCUT2D eigenvalue weighted by Crippen LogP contribution is -2.44. The molecule has 0 spiro atoms. The molecule has 0 fully saturated rings. The van der Waals surface area contributed by atoms with Gasteiger partial charge in [-0.2, -0.15) is 0 Å². The minimum absolute atomic E-state index is 0.0223. The standard InChI is InChI=1S/C29H36N2O5/c1-30(13-11-20-9-10-25(33-2)26(15-20)34-3)23-7-6-8-24(19-23)31-14-12-21-16-27(35-4)28(36-5)17-22(21)18-29(31)32/h6,8-10,12,14-17,23-24H,7,11,13,18-19H2,1-5H3/t23-,24+/m1/s1. The summed E-state index contributed by atoms with van der Waals surface area (Å²) in [6.45, 7) is 0.912. The van der Waals surface area contributed by atoms with Crippen LogP contribution in [0.2, 0.25) is 0 Å². The third kappa shape index (κ3) is 5.51. The summed E-state index contributed by atoms with van der Waals surface area (Å²) >= 11 is 0. The Morgan fingerprint density at radius 1 is 0.944 bits per heavy atom. The third-order valence-corrected chi connectivity index (χ3v) is 7.15. The number of benzene rings is 2. The van der Waals surface area contributed by atoms with Crippen LogP contribution in [0.5, 0.6) is 23.0 Å². The van der Waals surface area contributed by atoms with Crippen molar-refractivity contribution in [2.75, 3.05) is 42.0 Å². The quantitative estimate of drug-likeness (QED) is 0.486. The van der Waals surface area contributed by atoms with E-state index in [-0.39, 0.29) is 11.9 Å². The second-order valence-electron chi connectivity index (χ2n) is 9.24. The van der Waals surface area contributed by atoms with Crippen molar-refractivity contribution in [1.82, 2.24) is 9.80 Å². The number of likely N-dealkylation sites (N-methyl/N-ethyl adjacent to an activating group) is 1. The molecule has 2 aromatic rings. The van der Waals surface area contributed by atoms with Gasteiger partial charge in [-0.3, -0.25) is 4.79 Å². The molecule has 1 amide bonds. The minimum Gasteiger partial charge on any atom is -0.493 e. The molecule has 1 aliphatic carbocycles. The smallest absolute Gasteiger partial charge is 0.231 e. The number of methoxy groups -OCH3 is 4. The summed E-state index contributed by atoms with van der Waals surface area (Å²) in [4.78, 5) is 17.5. The van der Waals surface area contributed by atoms with Crippen molar-refractivity contribution in [3.63, 3.8) is 0 Å². The Morgan fingerprint density at radius 2 is 1.64 bits per heavy atom. The second-order valence-corrected chi connectivity index (χ2v) is 9.24. The summed E-state index contributed by atoms with van der Waals surface area (Å²) in [6, 6.07) is 10.3. The molecule has 4 rings (SSSR count). The van der Waals surface area contributed by atoms with Gasteiger partial charge in [0, 0.05) is 18.8 Å². The van der Waals surface area contributed by atoms with E-state index < -0.39 is 0 Å². The molecule has 0 radical (unpaired) electrons. The SMILES string of the molecule is COc1ccc(CCN(C)[C@@H]2CC=C[C@H](N3C=Cc4cc(OC)c(OC)cc4CC3=O)C2)cc1OC. The van der Waals surface area contributed by atoms with Crippen molar-refractivity contribution in [2.45, 2.75) is 37.8 Å². The maximum Gasteiger partial charge on any atom is 0.231 e. The highest BCUT2D eigenvalue weighted by molar-refractivity contribution is 5.84. The summed E-state index contributed by atoms with van der Waals surface area (Å²) in [7, 11) is 8.70. The highest BCUT2D eigenvalue weighted by Gasteiger charge is 2.29. The zero-order valence-corrected chi connectivity index (χ0v) is 21.8. The zero-order chi connectivity index (χ0) is 25.7. The average Bonchev–Trinajstić information content (AvgIpc) is 3.08. The summed E-state index contributed by atoms with van der Waals surface area (Å²) < 4.78 is 21.7. The first-order valence-electron chi connectivity index (χ1n) is 12.3. The van der Waals surface area contributed by atoms with Crippen molar-refractivity contribution in [3.05, 3.63) is 65.4 Å². The first-order chi connectivity index (χ1) is 17.5. The fourth-order valence-corrected chi connectivity index (χ4v) is 4.98. The van der Waals surface area contributed by atoms with Gasteiger partial charge in [-0.25, -0.2) is 0 Å². The van der Waals surface area contributed by atoms with E-state index in [0.717, 1.165) is 48.4 Å². The van der Waals surface area contributed by atoms with Crippen LogP contribution in [0, 0.1) is 0 Å². The van der Waals surface area contributed by atoms with Crippen LogP contribution in [-0.4, -0.2) is 69.8 Å². The number of carbonyl (C=O) groups is 1. The highest BCUT2D eigenvalue weighted by atomic mass is 16.5. The summed E-state index contributed by atoms with van der Waals surface area (Å²) in [5, 5.41) is 0. The van der Waals surface area contributed by atoms with E-state index in [2.05, 4.69) is 30.2 Å². The van der Waals surface area contributed by atoms with E-state index in [4.69, 9.17) is 18.9 Å². The molecule has 2 atom stereocenters. The molecular formula is C29H36N2O5. The molecule has 1 aliphatic heterocycles. The van der Waals surface area contributed by atoms with Crippen LogP contribution in [0.15, 0.2) is 48.7 Å². The largest absolute Gasteiger partial charge is 0.493 e. The lowest BCUT2D eigenvalue weighted by atomic mass is 9.94. The summed E-state index contributed by atoms with van der Waals surface area (Å²) in [5.41, 5.74) is 3.13. The normalized spacial score (nSPS) is 19.2. The molecule has 0 saturated heterocycles. The van der Waals surface area contributed by atoms with Crippen LogP contribution in [0.4, 0.5) is 0 Å². The third-order valence-electron chi connectivity index (χ3n) is 7.15. The molecule has 2 aliphatic rings. The van der Waals surface area contributed by atoms with Gasteiger partial charge in [0.1, 0.15) is 0 Å². The topological polar surface area (TPSA) is 60.5 Å². The molecule has 192 valence electrons. The van der Waals surface area contributed by atoms with Crippen molar-refractivity contribution in [1.29, 1.82) is 0 Å². The number of ether oxygens (including phenoxy) is 4. The first kappa shape index (κ1) is 25.6. The maximum absolute atomic E-state index is 13.3. The van der Waals surface area contributed by atoms with Gasteiger partial charge in [0.2, 0.25) is 5.91 Å². The number of amides is 1. The van der Waals surface area contributed by atoms with Crippen molar-refractivity contribution >= 4 is 12.0 Å².